The fourth-order valence-corrected chi connectivity index (χ4v) is 5.20. The highest BCUT2D eigenvalue weighted by Crippen LogP contribution is 2.34. The van der Waals surface area contributed by atoms with E-state index >= 15 is 0 Å². The number of nitrogens with zero attached hydrogens (tertiary/aromatic N) is 2. The number of amides is 1. The molecule has 0 radical (unpaired) electrons. The monoisotopic (exact) mass is 452 g/mol. The molecule has 4 nitrogen and oxygen atoms in total. The van der Waals surface area contributed by atoms with Crippen LogP contribution in [0.5, 0.6) is 0 Å². The number of thiazole rings is 1. The first-order valence-electron chi connectivity index (χ1n) is 8.95. The molecule has 2 aromatic heterocycles. The third-order valence-electron chi connectivity index (χ3n) is 4.55. The Morgan fingerprint density at radius 2 is 2.18 bits per heavy atom. The van der Waals surface area contributed by atoms with Crippen LogP contribution in [-0.2, 0) is 16.0 Å². The molecule has 3 heterocycles. The number of hydrogen-bond donors (Lipinski definition) is 0. The second-order valence-electron chi connectivity index (χ2n) is 6.54. The summed E-state index contributed by atoms with van der Waals surface area (Å²) in [6.07, 6.45) is 2.41. The van der Waals surface area contributed by atoms with E-state index in [-0.39, 0.29) is 12.0 Å². The van der Waals surface area contributed by atoms with Gasteiger partial charge in [-0.3, -0.25) is 9.69 Å². The van der Waals surface area contributed by atoms with Crippen LogP contribution in [0.4, 0.5) is 5.13 Å². The lowest BCUT2D eigenvalue weighted by molar-refractivity contribution is -0.118. The zero-order chi connectivity index (χ0) is 19.5. The largest absolute Gasteiger partial charge is 0.376 e. The van der Waals surface area contributed by atoms with E-state index in [9.17, 15) is 4.79 Å². The van der Waals surface area contributed by atoms with Gasteiger partial charge in [-0.15, -0.1) is 22.7 Å². The minimum atomic E-state index is 0.0288. The normalized spacial score (nSPS) is 16.4. The van der Waals surface area contributed by atoms with Crippen molar-refractivity contribution >= 4 is 56.9 Å². The summed E-state index contributed by atoms with van der Waals surface area (Å²) in [6, 6.07) is 9.27. The first kappa shape index (κ1) is 19.9. The Morgan fingerprint density at radius 3 is 2.89 bits per heavy atom. The molecule has 1 aliphatic heterocycles. The van der Waals surface area contributed by atoms with Gasteiger partial charge in [0, 0.05) is 27.5 Å². The standard InChI is InChI=1S/C20H18Cl2N2O2S2/c21-13-5-6-16(17(22)9-13)18-12-28-20(23-18)24(11-14-3-1-7-26-14)19(25)10-15-4-2-8-27-15/h2,4-6,8-9,12,14H,1,3,7,10-11H2. The molecule has 0 N–H and O–H groups in total. The summed E-state index contributed by atoms with van der Waals surface area (Å²) in [5, 5.41) is 5.69. The van der Waals surface area contributed by atoms with Crippen LogP contribution >= 0.6 is 45.9 Å². The molecule has 3 aromatic rings. The smallest absolute Gasteiger partial charge is 0.234 e. The predicted molar refractivity (Wildman–Crippen MR) is 117 cm³/mol. The molecule has 146 valence electrons. The van der Waals surface area contributed by atoms with Crippen molar-refractivity contribution in [1.82, 2.24) is 4.98 Å². The molecule has 1 amide bonds. The van der Waals surface area contributed by atoms with Crippen LogP contribution in [-0.4, -0.2) is 30.1 Å². The molecule has 1 unspecified atom stereocenters. The van der Waals surface area contributed by atoms with Gasteiger partial charge in [0.05, 0.1) is 29.8 Å². The molecule has 8 heteroatoms. The number of carbonyl (C=O) groups excluding carboxylic acids is 1. The molecule has 28 heavy (non-hydrogen) atoms. The maximum Gasteiger partial charge on any atom is 0.234 e. The van der Waals surface area contributed by atoms with Crippen molar-refractivity contribution in [2.45, 2.75) is 25.4 Å². The summed E-state index contributed by atoms with van der Waals surface area (Å²) >= 11 is 15.4. The lowest BCUT2D eigenvalue weighted by atomic mass is 10.2. The Hall–Kier alpha value is -1.44. The van der Waals surface area contributed by atoms with Crippen LogP contribution in [0, 0.1) is 0 Å². The Balaban J connectivity index is 1.60. The molecule has 1 aromatic carbocycles. The third-order valence-corrected chi connectivity index (χ3v) is 6.83. The molecule has 0 spiro atoms. The van der Waals surface area contributed by atoms with E-state index in [0.717, 1.165) is 35.6 Å². The first-order valence-corrected chi connectivity index (χ1v) is 11.5. The fourth-order valence-electron chi connectivity index (χ4n) is 3.15. The van der Waals surface area contributed by atoms with Crippen molar-refractivity contribution in [3.63, 3.8) is 0 Å². The number of thiophene rings is 1. The lowest BCUT2D eigenvalue weighted by Gasteiger charge is -2.23. The molecule has 1 atom stereocenters. The number of rotatable bonds is 6. The summed E-state index contributed by atoms with van der Waals surface area (Å²) in [4.78, 5) is 20.6. The minimum Gasteiger partial charge on any atom is -0.376 e. The number of ether oxygens (including phenoxy) is 1. The van der Waals surface area contributed by atoms with E-state index in [0.29, 0.717) is 28.1 Å². The van der Waals surface area contributed by atoms with Crippen molar-refractivity contribution in [2.75, 3.05) is 18.1 Å². The number of carbonyl (C=O) groups is 1. The van der Waals surface area contributed by atoms with E-state index in [1.165, 1.54) is 11.3 Å². The maximum atomic E-state index is 13.1. The van der Waals surface area contributed by atoms with Gasteiger partial charge in [-0.25, -0.2) is 4.98 Å². The average molecular weight is 453 g/mol. The summed E-state index contributed by atoms with van der Waals surface area (Å²) in [6.45, 7) is 1.27. The zero-order valence-corrected chi connectivity index (χ0v) is 18.1. The van der Waals surface area contributed by atoms with Gasteiger partial charge in [-0.2, -0.15) is 0 Å². The van der Waals surface area contributed by atoms with Gasteiger partial charge in [-0.1, -0.05) is 29.3 Å². The molecule has 1 saturated heterocycles. The van der Waals surface area contributed by atoms with E-state index in [4.69, 9.17) is 32.9 Å². The Labute approximate surface area is 181 Å². The zero-order valence-electron chi connectivity index (χ0n) is 14.9. The van der Waals surface area contributed by atoms with Gasteiger partial charge in [-0.05, 0) is 42.5 Å². The van der Waals surface area contributed by atoms with E-state index in [1.54, 1.807) is 28.4 Å². The van der Waals surface area contributed by atoms with Crippen molar-refractivity contribution in [2.24, 2.45) is 0 Å². The van der Waals surface area contributed by atoms with Gasteiger partial charge >= 0.3 is 0 Å². The lowest BCUT2D eigenvalue weighted by Crippen LogP contribution is -2.38. The van der Waals surface area contributed by atoms with Crippen molar-refractivity contribution in [3.05, 3.63) is 56.0 Å². The molecule has 0 bridgehead atoms. The minimum absolute atomic E-state index is 0.0288. The summed E-state index contributed by atoms with van der Waals surface area (Å²) in [5.74, 6) is 0.0288. The predicted octanol–water partition coefficient (Wildman–Crippen LogP) is 5.93. The van der Waals surface area contributed by atoms with Gasteiger partial charge in [0.25, 0.3) is 0 Å². The number of hydrogen-bond acceptors (Lipinski definition) is 5. The Kier molecular flexibility index (Phi) is 6.33. The molecule has 4 rings (SSSR count). The SMILES string of the molecule is O=C(Cc1cccs1)N(CC1CCCO1)c1nc(-c2ccc(Cl)cc2Cl)cs1. The Bertz CT molecular complexity index is 953. The van der Waals surface area contributed by atoms with Crippen molar-refractivity contribution < 1.29 is 9.53 Å². The second kappa shape index (κ2) is 8.93. The van der Waals surface area contributed by atoms with Crippen LogP contribution in [0.15, 0.2) is 41.1 Å². The highest BCUT2D eigenvalue weighted by atomic mass is 35.5. The summed E-state index contributed by atoms with van der Waals surface area (Å²) in [5.41, 5.74) is 1.54. The van der Waals surface area contributed by atoms with Gasteiger partial charge in [0.1, 0.15) is 0 Å². The fraction of sp³-hybridized carbons (Fsp3) is 0.300. The van der Waals surface area contributed by atoms with Crippen LogP contribution in [0.25, 0.3) is 11.3 Å². The van der Waals surface area contributed by atoms with Crippen molar-refractivity contribution in [1.29, 1.82) is 0 Å². The Morgan fingerprint density at radius 1 is 1.29 bits per heavy atom. The van der Waals surface area contributed by atoms with E-state index in [2.05, 4.69) is 0 Å². The number of benzene rings is 1. The molecule has 0 saturated carbocycles. The molecule has 1 fully saturated rings. The topological polar surface area (TPSA) is 42.4 Å². The summed E-state index contributed by atoms with van der Waals surface area (Å²) in [7, 11) is 0. The highest BCUT2D eigenvalue weighted by molar-refractivity contribution is 7.14. The van der Waals surface area contributed by atoms with Crippen LogP contribution in [0.3, 0.4) is 0 Å². The van der Waals surface area contributed by atoms with Crippen LogP contribution in [0.1, 0.15) is 17.7 Å². The second-order valence-corrected chi connectivity index (χ2v) is 9.25. The molecular formula is C20H18Cl2N2O2S2. The highest BCUT2D eigenvalue weighted by Gasteiger charge is 2.26. The quantitative estimate of drug-likeness (QED) is 0.464. The number of halogens is 2. The van der Waals surface area contributed by atoms with Crippen molar-refractivity contribution in [3.8, 4) is 11.3 Å². The van der Waals surface area contributed by atoms with Crippen LogP contribution in [0.2, 0.25) is 10.0 Å². The molecule has 0 aliphatic carbocycles. The maximum absolute atomic E-state index is 13.1. The van der Waals surface area contributed by atoms with E-state index < -0.39 is 0 Å². The molecular weight excluding hydrogens is 435 g/mol. The van der Waals surface area contributed by atoms with E-state index in [1.807, 2.05) is 29.0 Å². The average Bonchev–Trinajstić information content (AvgIpc) is 3.42. The third kappa shape index (κ3) is 4.58. The van der Waals surface area contributed by atoms with Gasteiger partial charge < -0.3 is 4.74 Å². The number of anilines is 1. The molecule has 1 aliphatic rings. The summed E-state index contributed by atoms with van der Waals surface area (Å²) < 4.78 is 5.76. The van der Waals surface area contributed by atoms with Crippen LogP contribution < -0.4 is 4.90 Å². The van der Waals surface area contributed by atoms with Gasteiger partial charge in [0.15, 0.2) is 5.13 Å². The van der Waals surface area contributed by atoms with Gasteiger partial charge in [0.2, 0.25) is 5.91 Å². The first-order chi connectivity index (χ1) is 13.6. The number of aromatic nitrogens is 1.